The van der Waals surface area contributed by atoms with Crippen LogP contribution in [0.2, 0.25) is 0 Å². The van der Waals surface area contributed by atoms with Crippen molar-refractivity contribution in [3.05, 3.63) is 22.4 Å². The Kier molecular flexibility index (Phi) is 4.21. The van der Waals surface area contributed by atoms with Crippen LogP contribution in [0.4, 0.5) is 0 Å². The molecule has 0 aliphatic heterocycles. The zero-order valence-corrected chi connectivity index (χ0v) is 10.4. The highest BCUT2D eigenvalue weighted by Crippen LogP contribution is 2.35. The largest absolute Gasteiger partial charge is 0.314 e. The van der Waals surface area contributed by atoms with Gasteiger partial charge in [-0.25, -0.2) is 0 Å². The summed E-state index contributed by atoms with van der Waals surface area (Å²) in [7, 11) is 0. The molecule has 0 saturated heterocycles. The van der Waals surface area contributed by atoms with Gasteiger partial charge in [0.25, 0.3) is 0 Å². The second-order valence-electron chi connectivity index (χ2n) is 4.53. The van der Waals surface area contributed by atoms with Gasteiger partial charge in [-0.15, -0.1) is 11.3 Å². The Bertz CT molecular complexity index is 268. The van der Waals surface area contributed by atoms with Gasteiger partial charge >= 0.3 is 0 Å². The fourth-order valence-electron chi connectivity index (χ4n) is 2.51. The van der Waals surface area contributed by atoms with Crippen molar-refractivity contribution in [3.63, 3.8) is 0 Å². The van der Waals surface area contributed by atoms with Crippen molar-refractivity contribution in [1.82, 2.24) is 5.32 Å². The predicted octanol–water partition coefficient (Wildman–Crippen LogP) is 3.77. The van der Waals surface area contributed by atoms with Gasteiger partial charge in [0.15, 0.2) is 0 Å². The van der Waals surface area contributed by atoms with Gasteiger partial charge in [0.1, 0.15) is 0 Å². The first-order valence-corrected chi connectivity index (χ1v) is 7.05. The predicted molar refractivity (Wildman–Crippen MR) is 67.6 cm³/mol. The molecule has 1 fully saturated rings. The normalized spacial score (nSPS) is 26.7. The zero-order valence-electron chi connectivity index (χ0n) is 9.54. The lowest BCUT2D eigenvalue weighted by Crippen LogP contribution is -2.33. The third kappa shape index (κ3) is 3.05. The molecular weight excluding hydrogens is 202 g/mol. The Hall–Kier alpha value is -0.340. The SMILES string of the molecule is CCCNC1CCCC(c2cccs2)C1. The van der Waals surface area contributed by atoms with E-state index in [9.17, 15) is 0 Å². The molecule has 0 radical (unpaired) electrons. The van der Waals surface area contributed by atoms with Crippen LogP contribution in [0.1, 0.15) is 49.8 Å². The molecule has 0 spiro atoms. The molecule has 1 heterocycles. The first-order chi connectivity index (χ1) is 7.40. The highest BCUT2D eigenvalue weighted by molar-refractivity contribution is 7.10. The minimum Gasteiger partial charge on any atom is -0.314 e. The van der Waals surface area contributed by atoms with Crippen LogP contribution in [0, 0.1) is 0 Å². The molecule has 1 N–H and O–H groups in total. The zero-order chi connectivity index (χ0) is 10.5. The van der Waals surface area contributed by atoms with Gasteiger partial charge in [0, 0.05) is 10.9 Å². The summed E-state index contributed by atoms with van der Waals surface area (Å²) in [6.45, 7) is 3.43. The minimum absolute atomic E-state index is 0.769. The summed E-state index contributed by atoms with van der Waals surface area (Å²) in [4.78, 5) is 1.60. The summed E-state index contributed by atoms with van der Waals surface area (Å²) in [5, 5.41) is 5.87. The summed E-state index contributed by atoms with van der Waals surface area (Å²) in [6.07, 6.45) is 6.76. The molecule has 1 aliphatic carbocycles. The Morgan fingerprint density at radius 2 is 2.40 bits per heavy atom. The highest BCUT2D eigenvalue weighted by Gasteiger charge is 2.22. The molecule has 0 bridgehead atoms. The second-order valence-corrected chi connectivity index (χ2v) is 5.51. The van der Waals surface area contributed by atoms with Crippen molar-refractivity contribution in [2.75, 3.05) is 6.54 Å². The number of hydrogen-bond acceptors (Lipinski definition) is 2. The lowest BCUT2D eigenvalue weighted by Gasteiger charge is -2.29. The fourth-order valence-corrected chi connectivity index (χ4v) is 3.38. The van der Waals surface area contributed by atoms with Gasteiger partial charge in [-0.05, 0) is 49.6 Å². The Morgan fingerprint density at radius 3 is 3.13 bits per heavy atom. The number of thiophene rings is 1. The summed E-state index contributed by atoms with van der Waals surface area (Å²) in [6, 6.07) is 5.26. The Morgan fingerprint density at radius 1 is 1.47 bits per heavy atom. The maximum Gasteiger partial charge on any atom is 0.00767 e. The van der Waals surface area contributed by atoms with Crippen LogP contribution in [0.5, 0.6) is 0 Å². The van der Waals surface area contributed by atoms with E-state index in [1.807, 2.05) is 11.3 Å². The topological polar surface area (TPSA) is 12.0 Å². The number of hydrogen-bond donors (Lipinski definition) is 1. The van der Waals surface area contributed by atoms with Gasteiger partial charge in [-0.3, -0.25) is 0 Å². The van der Waals surface area contributed by atoms with Crippen molar-refractivity contribution in [2.24, 2.45) is 0 Å². The lowest BCUT2D eigenvalue weighted by molar-refractivity contribution is 0.342. The molecular formula is C13H21NS. The molecule has 1 aromatic heterocycles. The molecule has 2 heteroatoms. The van der Waals surface area contributed by atoms with E-state index < -0.39 is 0 Å². The van der Waals surface area contributed by atoms with E-state index in [1.165, 1.54) is 38.6 Å². The van der Waals surface area contributed by atoms with Crippen LogP contribution in [0.15, 0.2) is 17.5 Å². The smallest absolute Gasteiger partial charge is 0.00767 e. The summed E-state index contributed by atoms with van der Waals surface area (Å²) in [5.74, 6) is 0.827. The monoisotopic (exact) mass is 223 g/mol. The molecule has 1 nitrogen and oxygen atoms in total. The highest BCUT2D eigenvalue weighted by atomic mass is 32.1. The molecule has 2 atom stereocenters. The van der Waals surface area contributed by atoms with E-state index in [1.54, 1.807) is 4.88 Å². The van der Waals surface area contributed by atoms with Crippen LogP contribution in [0.3, 0.4) is 0 Å². The van der Waals surface area contributed by atoms with Gasteiger partial charge < -0.3 is 5.32 Å². The van der Waals surface area contributed by atoms with Crippen LogP contribution >= 0.6 is 11.3 Å². The van der Waals surface area contributed by atoms with E-state index in [0.29, 0.717) is 0 Å². The standard InChI is InChI=1S/C13H21NS/c1-2-8-14-12-6-3-5-11(10-12)13-7-4-9-15-13/h4,7,9,11-12,14H,2-3,5-6,8,10H2,1H3. The minimum atomic E-state index is 0.769. The average molecular weight is 223 g/mol. The van der Waals surface area contributed by atoms with Crippen molar-refractivity contribution < 1.29 is 0 Å². The van der Waals surface area contributed by atoms with Gasteiger partial charge in [0.05, 0.1) is 0 Å². The summed E-state index contributed by atoms with van der Waals surface area (Å²) >= 11 is 1.93. The van der Waals surface area contributed by atoms with E-state index in [0.717, 1.165) is 12.0 Å². The van der Waals surface area contributed by atoms with Gasteiger partial charge in [-0.1, -0.05) is 19.4 Å². The average Bonchev–Trinajstić information content (AvgIpc) is 2.80. The van der Waals surface area contributed by atoms with E-state index in [-0.39, 0.29) is 0 Å². The molecule has 1 aromatic rings. The van der Waals surface area contributed by atoms with Crippen molar-refractivity contribution in [1.29, 1.82) is 0 Å². The van der Waals surface area contributed by atoms with Gasteiger partial charge in [-0.2, -0.15) is 0 Å². The lowest BCUT2D eigenvalue weighted by atomic mass is 9.85. The molecule has 0 amide bonds. The molecule has 2 rings (SSSR count). The Balaban J connectivity index is 1.87. The summed E-state index contributed by atoms with van der Waals surface area (Å²) < 4.78 is 0. The first-order valence-electron chi connectivity index (χ1n) is 6.17. The van der Waals surface area contributed by atoms with Crippen LogP contribution in [0.25, 0.3) is 0 Å². The molecule has 2 unspecified atom stereocenters. The van der Waals surface area contributed by atoms with E-state index in [2.05, 4.69) is 29.8 Å². The number of rotatable bonds is 4. The molecule has 1 aliphatic rings. The van der Waals surface area contributed by atoms with E-state index >= 15 is 0 Å². The molecule has 0 aromatic carbocycles. The second kappa shape index (κ2) is 5.66. The van der Waals surface area contributed by atoms with Crippen molar-refractivity contribution >= 4 is 11.3 Å². The third-order valence-corrected chi connectivity index (χ3v) is 4.34. The third-order valence-electron chi connectivity index (χ3n) is 3.30. The van der Waals surface area contributed by atoms with E-state index in [4.69, 9.17) is 0 Å². The molecule has 1 saturated carbocycles. The van der Waals surface area contributed by atoms with Crippen LogP contribution in [-0.2, 0) is 0 Å². The van der Waals surface area contributed by atoms with Crippen molar-refractivity contribution in [3.8, 4) is 0 Å². The maximum atomic E-state index is 3.67. The fraction of sp³-hybridized carbons (Fsp3) is 0.692. The quantitative estimate of drug-likeness (QED) is 0.819. The Labute approximate surface area is 96.9 Å². The van der Waals surface area contributed by atoms with Crippen molar-refractivity contribution in [2.45, 2.75) is 51.0 Å². The number of nitrogens with one attached hydrogen (secondary N) is 1. The molecule has 15 heavy (non-hydrogen) atoms. The maximum absolute atomic E-state index is 3.67. The van der Waals surface area contributed by atoms with Crippen LogP contribution < -0.4 is 5.32 Å². The first kappa shape index (κ1) is 11.2. The summed E-state index contributed by atoms with van der Waals surface area (Å²) in [5.41, 5.74) is 0. The van der Waals surface area contributed by atoms with Crippen LogP contribution in [-0.4, -0.2) is 12.6 Å². The van der Waals surface area contributed by atoms with Gasteiger partial charge in [0.2, 0.25) is 0 Å². The molecule has 84 valence electrons.